The van der Waals surface area contributed by atoms with E-state index in [9.17, 15) is 9.59 Å². The average molecular weight is 463 g/mol. The second-order valence-electron chi connectivity index (χ2n) is 9.02. The van der Waals surface area contributed by atoms with Gasteiger partial charge in [-0.1, -0.05) is 54.4 Å². The predicted molar refractivity (Wildman–Crippen MR) is 129 cm³/mol. The van der Waals surface area contributed by atoms with Crippen molar-refractivity contribution in [3.63, 3.8) is 0 Å². The Labute approximate surface area is 195 Å². The van der Waals surface area contributed by atoms with Crippen molar-refractivity contribution in [3.05, 3.63) is 68.7 Å². The van der Waals surface area contributed by atoms with Crippen LogP contribution in [0.15, 0.2) is 36.4 Å². The summed E-state index contributed by atoms with van der Waals surface area (Å²) in [5.74, 6) is -0.293. The van der Waals surface area contributed by atoms with Crippen molar-refractivity contribution in [2.24, 2.45) is 0 Å². The predicted octanol–water partition coefficient (Wildman–Crippen LogP) is 5.87. The van der Waals surface area contributed by atoms with Gasteiger partial charge in [0.15, 0.2) is 0 Å². The number of aryl methyl sites for hydroxylation is 2. The SMILES string of the molecule is CC[C@@H](C(=O)NC(C)(C)C)N(Cc1ccc(Cl)cc1Cl)C(=O)Cc1ccc(C)c(C)c1. The van der Waals surface area contributed by atoms with Gasteiger partial charge >= 0.3 is 0 Å². The first-order chi connectivity index (χ1) is 14.4. The van der Waals surface area contributed by atoms with Crippen molar-refractivity contribution in [3.8, 4) is 0 Å². The molecule has 1 N–H and O–H groups in total. The molecule has 0 aliphatic rings. The second kappa shape index (κ2) is 10.5. The molecule has 0 aliphatic carbocycles. The average Bonchev–Trinajstić information content (AvgIpc) is 2.64. The zero-order valence-electron chi connectivity index (χ0n) is 19.2. The summed E-state index contributed by atoms with van der Waals surface area (Å²) in [4.78, 5) is 28.1. The minimum absolute atomic E-state index is 0.120. The highest BCUT2D eigenvalue weighted by Gasteiger charge is 2.31. The van der Waals surface area contributed by atoms with Crippen LogP contribution >= 0.6 is 23.2 Å². The molecular formula is C25H32Cl2N2O2. The van der Waals surface area contributed by atoms with Gasteiger partial charge < -0.3 is 10.2 Å². The molecule has 0 aliphatic heterocycles. The summed E-state index contributed by atoms with van der Waals surface area (Å²) in [6.45, 7) is 12.0. The summed E-state index contributed by atoms with van der Waals surface area (Å²) in [5, 5.41) is 4.01. The molecule has 168 valence electrons. The summed E-state index contributed by atoms with van der Waals surface area (Å²) < 4.78 is 0. The van der Waals surface area contributed by atoms with Gasteiger partial charge in [0.25, 0.3) is 0 Å². The Hall–Kier alpha value is -2.04. The van der Waals surface area contributed by atoms with Crippen LogP contribution < -0.4 is 5.32 Å². The molecule has 0 spiro atoms. The van der Waals surface area contributed by atoms with Crippen LogP contribution in [0.3, 0.4) is 0 Å². The van der Waals surface area contributed by atoms with Crippen molar-refractivity contribution >= 4 is 35.0 Å². The van der Waals surface area contributed by atoms with E-state index >= 15 is 0 Å². The summed E-state index contributed by atoms with van der Waals surface area (Å²) >= 11 is 12.4. The summed E-state index contributed by atoms with van der Waals surface area (Å²) in [6.07, 6.45) is 0.706. The topological polar surface area (TPSA) is 49.4 Å². The van der Waals surface area contributed by atoms with Gasteiger partial charge in [0.2, 0.25) is 11.8 Å². The second-order valence-corrected chi connectivity index (χ2v) is 9.86. The number of halogens is 2. The summed E-state index contributed by atoms with van der Waals surface area (Å²) in [5.41, 5.74) is 3.59. The number of carbonyl (C=O) groups is 2. The number of rotatable bonds is 7. The number of nitrogens with one attached hydrogen (secondary N) is 1. The molecule has 2 aromatic carbocycles. The summed E-state index contributed by atoms with van der Waals surface area (Å²) in [6, 6.07) is 10.6. The molecule has 1 atom stereocenters. The van der Waals surface area contributed by atoms with E-state index in [1.807, 2.05) is 59.7 Å². The van der Waals surface area contributed by atoms with Gasteiger partial charge in [0.05, 0.1) is 6.42 Å². The highest BCUT2D eigenvalue weighted by atomic mass is 35.5. The van der Waals surface area contributed by atoms with Crippen LogP contribution in [0.5, 0.6) is 0 Å². The smallest absolute Gasteiger partial charge is 0.243 e. The van der Waals surface area contributed by atoms with E-state index in [4.69, 9.17) is 23.2 Å². The Morgan fingerprint density at radius 1 is 1.03 bits per heavy atom. The van der Waals surface area contributed by atoms with Crippen molar-refractivity contribution in [2.75, 3.05) is 0 Å². The lowest BCUT2D eigenvalue weighted by atomic mass is 10.0. The molecule has 6 heteroatoms. The number of hydrogen-bond acceptors (Lipinski definition) is 2. The number of amides is 2. The van der Waals surface area contributed by atoms with Crippen LogP contribution in [-0.4, -0.2) is 28.3 Å². The molecule has 0 heterocycles. The standard InChI is InChI=1S/C25H32Cl2N2O2/c1-7-22(24(31)28-25(4,5)6)29(15-19-10-11-20(26)14-21(19)27)23(30)13-18-9-8-16(2)17(3)12-18/h8-12,14,22H,7,13,15H2,1-6H3,(H,28,31)/t22-/m0/s1. The Balaban J connectivity index is 2.38. The molecule has 31 heavy (non-hydrogen) atoms. The van der Waals surface area contributed by atoms with Crippen LogP contribution in [-0.2, 0) is 22.6 Å². The van der Waals surface area contributed by atoms with Gasteiger partial charge in [-0.2, -0.15) is 0 Å². The molecule has 0 unspecified atom stereocenters. The molecular weight excluding hydrogens is 431 g/mol. The maximum atomic E-state index is 13.4. The largest absolute Gasteiger partial charge is 0.350 e. The number of benzene rings is 2. The number of nitrogens with zero attached hydrogens (tertiary/aromatic N) is 1. The lowest BCUT2D eigenvalue weighted by Gasteiger charge is -2.33. The first kappa shape index (κ1) is 25.2. The highest BCUT2D eigenvalue weighted by Crippen LogP contribution is 2.24. The molecule has 0 fully saturated rings. The van der Waals surface area contributed by atoms with Crippen molar-refractivity contribution in [1.82, 2.24) is 10.2 Å². The van der Waals surface area contributed by atoms with Gasteiger partial charge in [-0.3, -0.25) is 9.59 Å². The van der Waals surface area contributed by atoms with Gasteiger partial charge in [0.1, 0.15) is 6.04 Å². The normalized spacial score (nSPS) is 12.4. The summed E-state index contributed by atoms with van der Waals surface area (Å²) in [7, 11) is 0. The molecule has 4 nitrogen and oxygen atoms in total. The van der Waals surface area contributed by atoms with E-state index in [0.29, 0.717) is 16.5 Å². The van der Waals surface area contributed by atoms with Crippen molar-refractivity contribution < 1.29 is 9.59 Å². The third-order valence-electron chi connectivity index (χ3n) is 5.17. The van der Waals surface area contributed by atoms with E-state index in [-0.39, 0.29) is 24.8 Å². The Morgan fingerprint density at radius 2 is 1.71 bits per heavy atom. The first-order valence-electron chi connectivity index (χ1n) is 10.5. The van der Waals surface area contributed by atoms with Crippen LogP contribution in [0.25, 0.3) is 0 Å². The van der Waals surface area contributed by atoms with Crippen molar-refractivity contribution in [2.45, 2.75) is 72.5 Å². The highest BCUT2D eigenvalue weighted by molar-refractivity contribution is 6.35. The lowest BCUT2D eigenvalue weighted by Crippen LogP contribution is -2.53. The third kappa shape index (κ3) is 7.26. The Bertz CT molecular complexity index is 951. The minimum Gasteiger partial charge on any atom is -0.350 e. The molecule has 2 rings (SSSR count). The molecule has 2 aromatic rings. The van der Waals surface area contributed by atoms with Gasteiger partial charge in [-0.25, -0.2) is 0 Å². The molecule has 0 saturated heterocycles. The van der Waals surface area contributed by atoms with E-state index < -0.39 is 11.6 Å². The van der Waals surface area contributed by atoms with Gasteiger partial charge in [-0.05, 0) is 75.4 Å². The minimum atomic E-state index is -0.606. The van der Waals surface area contributed by atoms with Crippen molar-refractivity contribution in [1.29, 1.82) is 0 Å². The Morgan fingerprint density at radius 3 is 2.26 bits per heavy atom. The Kier molecular flexibility index (Phi) is 8.56. The zero-order chi connectivity index (χ0) is 23.3. The zero-order valence-corrected chi connectivity index (χ0v) is 20.7. The van der Waals surface area contributed by atoms with Crippen LogP contribution in [0.2, 0.25) is 10.0 Å². The molecule has 0 aromatic heterocycles. The van der Waals surface area contributed by atoms with E-state index in [0.717, 1.165) is 16.7 Å². The van der Waals surface area contributed by atoms with Crippen LogP contribution in [0, 0.1) is 13.8 Å². The molecule has 0 bridgehead atoms. The molecule has 0 radical (unpaired) electrons. The first-order valence-corrected chi connectivity index (χ1v) is 11.3. The monoisotopic (exact) mass is 462 g/mol. The molecule has 2 amide bonds. The van der Waals surface area contributed by atoms with E-state index in [1.165, 1.54) is 5.56 Å². The van der Waals surface area contributed by atoms with Crippen LogP contribution in [0.1, 0.15) is 56.4 Å². The van der Waals surface area contributed by atoms with E-state index in [1.54, 1.807) is 23.1 Å². The number of hydrogen-bond donors (Lipinski definition) is 1. The van der Waals surface area contributed by atoms with E-state index in [2.05, 4.69) is 5.32 Å². The van der Waals surface area contributed by atoms with Gasteiger partial charge in [0, 0.05) is 22.1 Å². The van der Waals surface area contributed by atoms with Crippen LogP contribution in [0.4, 0.5) is 0 Å². The maximum absolute atomic E-state index is 13.4. The maximum Gasteiger partial charge on any atom is 0.243 e. The lowest BCUT2D eigenvalue weighted by molar-refractivity contribution is -0.141. The fourth-order valence-electron chi connectivity index (χ4n) is 3.40. The quantitative estimate of drug-likeness (QED) is 0.558. The molecule has 0 saturated carbocycles. The fourth-order valence-corrected chi connectivity index (χ4v) is 3.86. The third-order valence-corrected chi connectivity index (χ3v) is 5.75. The fraction of sp³-hybridized carbons (Fsp3) is 0.440. The van der Waals surface area contributed by atoms with Gasteiger partial charge in [-0.15, -0.1) is 0 Å². The number of carbonyl (C=O) groups excluding carboxylic acids is 2.